The van der Waals surface area contributed by atoms with Gasteiger partial charge in [0.1, 0.15) is 17.0 Å². The van der Waals surface area contributed by atoms with Gasteiger partial charge in [0.25, 0.3) is 0 Å². The lowest BCUT2D eigenvalue weighted by atomic mass is 10.2. The number of benzene rings is 2. The van der Waals surface area contributed by atoms with E-state index in [1.54, 1.807) is 39.0 Å². The van der Waals surface area contributed by atoms with Crippen molar-refractivity contribution < 1.29 is 14.2 Å². The van der Waals surface area contributed by atoms with E-state index in [0.717, 1.165) is 32.2 Å². The van der Waals surface area contributed by atoms with E-state index in [2.05, 4.69) is 33.5 Å². The molecule has 0 aliphatic rings. The average molecular weight is 393 g/mol. The molecule has 28 heavy (non-hydrogen) atoms. The van der Waals surface area contributed by atoms with Gasteiger partial charge in [-0.15, -0.1) is 11.3 Å². The summed E-state index contributed by atoms with van der Waals surface area (Å²) in [4.78, 5) is 10.9. The summed E-state index contributed by atoms with van der Waals surface area (Å²) in [6.45, 7) is 0. The van der Waals surface area contributed by atoms with Gasteiger partial charge in [-0.3, -0.25) is 0 Å². The maximum Gasteiger partial charge on any atom is 0.203 e. The molecule has 4 rings (SSSR count). The van der Waals surface area contributed by atoms with Gasteiger partial charge in [-0.25, -0.2) is 9.97 Å². The van der Waals surface area contributed by atoms with Gasteiger partial charge in [0.2, 0.25) is 5.75 Å². The van der Waals surface area contributed by atoms with Crippen molar-refractivity contribution in [1.29, 1.82) is 0 Å². The van der Waals surface area contributed by atoms with Crippen molar-refractivity contribution in [3.63, 3.8) is 0 Å². The van der Waals surface area contributed by atoms with Crippen molar-refractivity contribution in [2.24, 2.45) is 0 Å². The molecule has 2 aromatic carbocycles. The molecule has 0 amide bonds. The Hall–Kier alpha value is -3.32. The zero-order chi connectivity index (χ0) is 19.5. The number of methoxy groups -OCH3 is 3. The number of anilines is 2. The minimum absolute atomic E-state index is 0.547. The van der Waals surface area contributed by atoms with Gasteiger partial charge in [-0.05, 0) is 11.6 Å². The second kappa shape index (κ2) is 7.74. The van der Waals surface area contributed by atoms with Gasteiger partial charge in [0.15, 0.2) is 11.5 Å². The van der Waals surface area contributed by atoms with E-state index in [1.807, 2.05) is 30.3 Å². The van der Waals surface area contributed by atoms with E-state index in [4.69, 9.17) is 14.2 Å². The van der Waals surface area contributed by atoms with E-state index in [9.17, 15) is 0 Å². The standard InChI is InChI=1S/C21H19N3O3S/c1-25-16-9-14(10-17(26-2)19(16)27-3)24-20-15-11-18(13-7-5-4-6-8-13)28-21(15)23-12-22-20/h4-12H,1-3H3,(H,22,23,24). The Labute approximate surface area is 166 Å². The largest absolute Gasteiger partial charge is 0.493 e. The molecule has 0 spiro atoms. The minimum atomic E-state index is 0.547. The predicted octanol–water partition coefficient (Wildman–Crippen LogP) is 5.13. The number of fused-ring (bicyclic) bond motifs is 1. The highest BCUT2D eigenvalue weighted by molar-refractivity contribution is 7.21. The molecule has 142 valence electrons. The van der Waals surface area contributed by atoms with E-state index in [0.29, 0.717) is 17.2 Å². The number of rotatable bonds is 6. The zero-order valence-electron chi connectivity index (χ0n) is 15.7. The minimum Gasteiger partial charge on any atom is -0.493 e. The van der Waals surface area contributed by atoms with Gasteiger partial charge in [-0.1, -0.05) is 30.3 Å². The second-order valence-corrected chi connectivity index (χ2v) is 6.99. The number of hydrogen-bond donors (Lipinski definition) is 1. The highest BCUT2D eigenvalue weighted by Gasteiger charge is 2.15. The summed E-state index contributed by atoms with van der Waals surface area (Å²) in [6, 6.07) is 16.0. The Bertz CT molecular complexity index is 1090. The molecule has 1 N–H and O–H groups in total. The quantitative estimate of drug-likeness (QED) is 0.490. The van der Waals surface area contributed by atoms with Crippen molar-refractivity contribution in [3.05, 3.63) is 54.9 Å². The van der Waals surface area contributed by atoms with Crippen LogP contribution >= 0.6 is 11.3 Å². The molecule has 0 atom stereocenters. The van der Waals surface area contributed by atoms with Crippen LogP contribution in [-0.2, 0) is 0 Å². The van der Waals surface area contributed by atoms with Crippen LogP contribution in [0.2, 0.25) is 0 Å². The first-order valence-corrected chi connectivity index (χ1v) is 9.42. The first-order chi connectivity index (χ1) is 13.7. The molecular weight excluding hydrogens is 374 g/mol. The Morgan fingerprint density at radius 2 is 1.57 bits per heavy atom. The Morgan fingerprint density at radius 1 is 0.857 bits per heavy atom. The molecule has 4 aromatic rings. The molecular formula is C21H19N3O3S. The maximum absolute atomic E-state index is 5.43. The number of ether oxygens (including phenoxy) is 3. The van der Waals surface area contributed by atoms with Crippen LogP contribution in [-0.4, -0.2) is 31.3 Å². The number of thiophene rings is 1. The molecule has 0 saturated carbocycles. The molecule has 6 nitrogen and oxygen atoms in total. The number of nitrogens with one attached hydrogen (secondary N) is 1. The van der Waals surface area contributed by atoms with Gasteiger partial charge in [-0.2, -0.15) is 0 Å². The fourth-order valence-corrected chi connectivity index (χ4v) is 3.99. The SMILES string of the molecule is COc1cc(Nc2ncnc3sc(-c4ccccc4)cc23)cc(OC)c1OC. The van der Waals surface area contributed by atoms with Crippen LogP contribution in [0.3, 0.4) is 0 Å². The van der Waals surface area contributed by atoms with Crippen LogP contribution in [0.25, 0.3) is 20.7 Å². The van der Waals surface area contributed by atoms with Gasteiger partial charge >= 0.3 is 0 Å². The Morgan fingerprint density at radius 3 is 2.21 bits per heavy atom. The third kappa shape index (κ3) is 3.32. The lowest BCUT2D eigenvalue weighted by Crippen LogP contribution is -1.99. The molecule has 0 bridgehead atoms. The molecule has 0 radical (unpaired) electrons. The second-order valence-electron chi connectivity index (χ2n) is 5.96. The van der Waals surface area contributed by atoms with Gasteiger partial charge in [0, 0.05) is 22.7 Å². The molecule has 7 heteroatoms. The predicted molar refractivity (Wildman–Crippen MR) is 112 cm³/mol. The highest BCUT2D eigenvalue weighted by Crippen LogP contribution is 2.41. The Kier molecular flexibility index (Phi) is 4.99. The van der Waals surface area contributed by atoms with E-state index in [1.165, 1.54) is 0 Å². The van der Waals surface area contributed by atoms with Crippen molar-refractivity contribution in [1.82, 2.24) is 9.97 Å². The van der Waals surface area contributed by atoms with E-state index in [-0.39, 0.29) is 0 Å². The topological polar surface area (TPSA) is 65.5 Å². The number of aromatic nitrogens is 2. The van der Waals surface area contributed by atoms with Crippen molar-refractivity contribution >= 4 is 33.1 Å². The summed E-state index contributed by atoms with van der Waals surface area (Å²) < 4.78 is 16.2. The summed E-state index contributed by atoms with van der Waals surface area (Å²) in [5.74, 6) is 2.41. The van der Waals surface area contributed by atoms with Crippen LogP contribution in [0.5, 0.6) is 17.2 Å². The van der Waals surface area contributed by atoms with Crippen LogP contribution in [0.1, 0.15) is 0 Å². The summed E-state index contributed by atoms with van der Waals surface area (Å²) in [7, 11) is 4.77. The molecule has 0 saturated heterocycles. The van der Waals surface area contributed by atoms with Crippen LogP contribution < -0.4 is 19.5 Å². The van der Waals surface area contributed by atoms with Crippen molar-refractivity contribution in [2.75, 3.05) is 26.6 Å². The number of hydrogen-bond acceptors (Lipinski definition) is 7. The lowest BCUT2D eigenvalue weighted by Gasteiger charge is -2.15. The first kappa shape index (κ1) is 18.1. The normalized spacial score (nSPS) is 10.7. The summed E-state index contributed by atoms with van der Waals surface area (Å²) >= 11 is 1.64. The van der Waals surface area contributed by atoms with Crippen molar-refractivity contribution in [2.45, 2.75) is 0 Å². The van der Waals surface area contributed by atoms with Crippen LogP contribution in [0.15, 0.2) is 54.9 Å². The maximum atomic E-state index is 5.43. The zero-order valence-corrected chi connectivity index (χ0v) is 16.5. The molecule has 2 heterocycles. The third-order valence-electron chi connectivity index (χ3n) is 4.32. The summed E-state index contributed by atoms with van der Waals surface area (Å²) in [5, 5.41) is 4.31. The molecule has 0 aliphatic heterocycles. The lowest BCUT2D eigenvalue weighted by molar-refractivity contribution is 0.324. The van der Waals surface area contributed by atoms with E-state index >= 15 is 0 Å². The molecule has 0 unspecified atom stereocenters. The fraction of sp³-hybridized carbons (Fsp3) is 0.143. The average Bonchev–Trinajstić information content (AvgIpc) is 3.19. The van der Waals surface area contributed by atoms with Gasteiger partial charge in [0.05, 0.1) is 26.7 Å². The molecule has 0 fully saturated rings. The van der Waals surface area contributed by atoms with Crippen molar-refractivity contribution in [3.8, 4) is 27.7 Å². The third-order valence-corrected chi connectivity index (χ3v) is 5.41. The molecule has 0 aliphatic carbocycles. The van der Waals surface area contributed by atoms with Crippen LogP contribution in [0.4, 0.5) is 11.5 Å². The number of nitrogens with zero attached hydrogens (tertiary/aromatic N) is 2. The Balaban J connectivity index is 1.75. The van der Waals surface area contributed by atoms with Gasteiger partial charge < -0.3 is 19.5 Å². The monoisotopic (exact) mass is 393 g/mol. The first-order valence-electron chi connectivity index (χ1n) is 8.60. The van der Waals surface area contributed by atoms with Crippen LogP contribution in [0, 0.1) is 0 Å². The van der Waals surface area contributed by atoms with E-state index < -0.39 is 0 Å². The smallest absolute Gasteiger partial charge is 0.203 e. The molecule has 2 aromatic heterocycles. The summed E-state index contributed by atoms with van der Waals surface area (Å²) in [5.41, 5.74) is 1.94. The summed E-state index contributed by atoms with van der Waals surface area (Å²) in [6.07, 6.45) is 1.56. The fourth-order valence-electron chi connectivity index (χ4n) is 2.99. The highest BCUT2D eigenvalue weighted by atomic mass is 32.1.